The lowest BCUT2D eigenvalue weighted by Gasteiger charge is -2.31. The highest BCUT2D eigenvalue weighted by molar-refractivity contribution is 7.99. The number of nitrogens with zero attached hydrogens (tertiary/aromatic N) is 4. The van der Waals surface area contributed by atoms with Gasteiger partial charge in [-0.3, -0.25) is 9.19 Å². The van der Waals surface area contributed by atoms with Gasteiger partial charge in [0.05, 0.1) is 18.5 Å². The van der Waals surface area contributed by atoms with Crippen molar-refractivity contribution in [2.75, 3.05) is 30.9 Å². The second kappa shape index (κ2) is 9.77. The Morgan fingerprint density at radius 1 is 1.27 bits per heavy atom. The van der Waals surface area contributed by atoms with Crippen LogP contribution < -0.4 is 9.64 Å². The van der Waals surface area contributed by atoms with E-state index in [9.17, 15) is 8.60 Å². The van der Waals surface area contributed by atoms with E-state index in [4.69, 9.17) is 4.74 Å². The van der Waals surface area contributed by atoms with Crippen LogP contribution in [0.25, 0.3) is 11.3 Å². The van der Waals surface area contributed by atoms with E-state index in [0.29, 0.717) is 40.3 Å². The van der Waals surface area contributed by atoms with Crippen LogP contribution in [0.4, 0.5) is 9.52 Å². The lowest BCUT2D eigenvalue weighted by Crippen LogP contribution is -2.35. The Labute approximate surface area is 199 Å². The largest absolute Gasteiger partial charge is 0.492 e. The van der Waals surface area contributed by atoms with E-state index in [1.54, 1.807) is 24.4 Å². The number of hydrogen-bond donors (Lipinski definition) is 0. The highest BCUT2D eigenvalue weighted by Crippen LogP contribution is 2.28. The van der Waals surface area contributed by atoms with Crippen molar-refractivity contribution in [2.45, 2.75) is 37.5 Å². The van der Waals surface area contributed by atoms with Gasteiger partial charge in [0.15, 0.2) is 0 Å². The second-order valence-electron chi connectivity index (χ2n) is 8.86. The molecule has 2 aromatic heterocycles. The van der Waals surface area contributed by atoms with Gasteiger partial charge in [0.25, 0.3) is 0 Å². The molecule has 0 aliphatic carbocycles. The van der Waals surface area contributed by atoms with Gasteiger partial charge < -0.3 is 9.64 Å². The normalized spacial score (nSPS) is 16.7. The van der Waals surface area contributed by atoms with Gasteiger partial charge in [0, 0.05) is 47.3 Å². The minimum absolute atomic E-state index is 0.347. The quantitative estimate of drug-likeness (QED) is 0.442. The molecule has 6 nitrogen and oxygen atoms in total. The van der Waals surface area contributed by atoms with Crippen molar-refractivity contribution in [1.82, 2.24) is 14.3 Å². The summed E-state index contributed by atoms with van der Waals surface area (Å²) >= 11 is 1.48. The molecule has 1 aliphatic rings. The fourth-order valence-corrected chi connectivity index (χ4v) is 5.26. The maximum Gasteiger partial charge on any atom is 0.205 e. The Morgan fingerprint density at radius 3 is 2.61 bits per heavy atom. The van der Waals surface area contributed by atoms with Gasteiger partial charge in [-0.25, -0.2) is 9.37 Å². The zero-order valence-corrected chi connectivity index (χ0v) is 20.8. The van der Waals surface area contributed by atoms with Crippen LogP contribution in [0.1, 0.15) is 38.4 Å². The molecule has 1 atom stereocenters. The van der Waals surface area contributed by atoms with Crippen LogP contribution in [0.5, 0.6) is 5.75 Å². The smallest absolute Gasteiger partial charge is 0.205 e. The van der Waals surface area contributed by atoms with E-state index >= 15 is 0 Å². The summed E-state index contributed by atoms with van der Waals surface area (Å²) in [7, 11) is -2.46. The molecule has 0 N–H and O–H groups in total. The Bertz CT molecular complexity index is 1200. The number of anilines is 1. The molecule has 3 heterocycles. The van der Waals surface area contributed by atoms with Crippen molar-refractivity contribution in [2.24, 2.45) is 5.92 Å². The summed E-state index contributed by atoms with van der Waals surface area (Å²) in [6.07, 6.45) is 5.19. The Hall–Kier alpha value is -2.52. The van der Waals surface area contributed by atoms with Crippen molar-refractivity contribution >= 4 is 32.1 Å². The van der Waals surface area contributed by atoms with Crippen molar-refractivity contribution in [3.8, 4) is 17.0 Å². The summed E-state index contributed by atoms with van der Waals surface area (Å²) in [5.41, 5.74) is 0.864. The predicted octanol–water partition coefficient (Wildman–Crippen LogP) is 4.86. The summed E-state index contributed by atoms with van der Waals surface area (Å²) in [6, 6.07) is 8.05. The van der Waals surface area contributed by atoms with E-state index in [1.165, 1.54) is 23.9 Å². The molecule has 1 fully saturated rings. The van der Waals surface area contributed by atoms with Crippen LogP contribution in [0, 0.1) is 11.7 Å². The van der Waals surface area contributed by atoms with Gasteiger partial charge in [-0.2, -0.15) is 4.37 Å². The monoisotopic (exact) mass is 488 g/mol. The number of halogens is 1. The lowest BCUT2D eigenvalue weighted by atomic mass is 9.98. The number of pyridine rings is 1. The maximum atomic E-state index is 14.5. The molecule has 0 saturated carbocycles. The van der Waals surface area contributed by atoms with Crippen LogP contribution in [0.3, 0.4) is 0 Å². The van der Waals surface area contributed by atoms with E-state index < -0.39 is 15.3 Å². The highest BCUT2D eigenvalue weighted by Gasteiger charge is 2.23. The number of ether oxygens (including phenoxy) is 1. The summed E-state index contributed by atoms with van der Waals surface area (Å²) < 4.78 is 37.0. The average Bonchev–Trinajstić information content (AvgIpc) is 3.29. The zero-order chi connectivity index (χ0) is 23.6. The summed E-state index contributed by atoms with van der Waals surface area (Å²) in [5, 5.41) is 1.01. The Balaban J connectivity index is 1.30. The molecule has 3 aromatic rings. The summed E-state index contributed by atoms with van der Waals surface area (Å²) in [4.78, 5) is 11.7. The molecule has 1 unspecified atom stereocenters. The zero-order valence-electron chi connectivity index (χ0n) is 19.2. The number of hydrogen-bond acceptors (Lipinski definition) is 7. The molecular weight excluding hydrogens is 459 g/mol. The molecule has 33 heavy (non-hydrogen) atoms. The van der Waals surface area contributed by atoms with Crippen LogP contribution in [0.2, 0.25) is 0 Å². The van der Waals surface area contributed by atoms with Gasteiger partial charge in [-0.1, -0.05) is 13.8 Å². The molecule has 1 aromatic carbocycles. The number of aromatic nitrogens is 3. The molecular formula is C24H29FN4O2S2. The molecule has 0 amide bonds. The van der Waals surface area contributed by atoms with Crippen LogP contribution in [-0.4, -0.2) is 50.4 Å². The highest BCUT2D eigenvalue weighted by atomic mass is 32.2. The Morgan fingerprint density at radius 2 is 2.03 bits per heavy atom. The van der Waals surface area contributed by atoms with Gasteiger partial charge in [0.2, 0.25) is 5.13 Å². The minimum Gasteiger partial charge on any atom is -0.492 e. The topological polar surface area (TPSA) is 68.2 Å². The first-order valence-corrected chi connectivity index (χ1v) is 13.9. The van der Waals surface area contributed by atoms with Gasteiger partial charge in [-0.05, 0) is 64.5 Å². The fourth-order valence-electron chi connectivity index (χ4n) is 3.69. The first-order valence-electron chi connectivity index (χ1n) is 11.0. The lowest BCUT2D eigenvalue weighted by molar-refractivity contribution is 0.222. The maximum absolute atomic E-state index is 14.5. The van der Waals surface area contributed by atoms with Gasteiger partial charge in [0.1, 0.15) is 17.4 Å². The fraction of sp³-hybridized carbons (Fsp3) is 0.417. The molecule has 176 valence electrons. The van der Waals surface area contributed by atoms with Crippen LogP contribution >= 0.6 is 11.5 Å². The van der Waals surface area contributed by atoms with E-state index in [0.717, 1.165) is 36.9 Å². The summed E-state index contributed by atoms with van der Waals surface area (Å²) in [5.74, 6) is 5.54. The molecule has 0 bridgehead atoms. The van der Waals surface area contributed by atoms with Crippen molar-refractivity contribution in [3.05, 3.63) is 48.2 Å². The molecule has 0 radical (unpaired) electrons. The second-order valence-corrected chi connectivity index (χ2v) is 12.1. The summed E-state index contributed by atoms with van der Waals surface area (Å²) in [6.45, 7) is 6.74. The van der Waals surface area contributed by atoms with E-state index in [-0.39, 0.29) is 0 Å². The van der Waals surface area contributed by atoms with E-state index in [2.05, 4.69) is 39.0 Å². The molecule has 4 rings (SSSR count). The van der Waals surface area contributed by atoms with Gasteiger partial charge in [-0.15, -0.1) is 0 Å². The first kappa shape index (κ1) is 23.6. The number of rotatable bonds is 7. The number of piperidine rings is 1. The van der Waals surface area contributed by atoms with Crippen molar-refractivity contribution < 1.29 is 13.3 Å². The predicted molar refractivity (Wildman–Crippen MR) is 134 cm³/mol. The first-order chi connectivity index (χ1) is 15.7. The average molecular weight is 489 g/mol. The molecule has 9 heteroatoms. The third-order valence-electron chi connectivity index (χ3n) is 5.77. The van der Waals surface area contributed by atoms with Crippen molar-refractivity contribution in [1.29, 1.82) is 0 Å². The molecule has 1 aliphatic heterocycles. The van der Waals surface area contributed by atoms with Crippen molar-refractivity contribution in [3.63, 3.8) is 0 Å². The molecule has 0 spiro atoms. The third-order valence-corrected chi connectivity index (χ3v) is 7.81. The Kier molecular flexibility index (Phi) is 6.99. The third kappa shape index (κ3) is 5.70. The SMILES string of the molecule is C=S(C)(=O)c1ccc(-c2ccc(OCC3CCN(c4nc(C(C)C)ns4)CC3)cn2)c(F)c1. The molecule has 1 saturated heterocycles. The van der Waals surface area contributed by atoms with Gasteiger partial charge >= 0.3 is 0 Å². The van der Waals surface area contributed by atoms with Crippen LogP contribution in [-0.2, 0) is 9.52 Å². The standard InChI is InChI=1S/C24H29FN4O2S2/c1-16(2)23-27-24(32-28-23)29-11-9-17(10-12-29)15-31-18-5-8-22(26-14-18)20-7-6-19(13-21(20)25)33(3,4)30/h5-8,13-14,16-17H,3,9-12,15H2,1-2,4H3. The number of benzene rings is 1. The van der Waals surface area contributed by atoms with E-state index in [1.807, 2.05) is 6.07 Å². The minimum atomic E-state index is -2.46. The van der Waals surface area contributed by atoms with Crippen LogP contribution in [0.15, 0.2) is 41.4 Å².